The molecule has 34 heavy (non-hydrogen) atoms. The number of fused-ring (bicyclic) bond motifs is 3. The van der Waals surface area contributed by atoms with E-state index >= 15 is 0 Å². The van der Waals surface area contributed by atoms with Gasteiger partial charge in [-0.3, -0.25) is 19.1 Å². The molecule has 1 aromatic carbocycles. The normalized spacial score (nSPS) is 13.9. The van der Waals surface area contributed by atoms with E-state index in [9.17, 15) is 9.59 Å². The molecular formula is C24H20N6O2S2. The molecule has 0 bridgehead atoms. The second-order valence-electron chi connectivity index (χ2n) is 8.16. The lowest BCUT2D eigenvalue weighted by atomic mass is 10.2. The average molecular weight is 489 g/mol. The van der Waals surface area contributed by atoms with E-state index in [1.54, 1.807) is 16.2 Å². The Balaban J connectivity index is 1.40. The Bertz CT molecular complexity index is 1590. The lowest BCUT2D eigenvalue weighted by molar-refractivity contribution is -0.119. The minimum absolute atomic E-state index is 0.112. The minimum Gasteiger partial charge on any atom is -0.357 e. The van der Waals surface area contributed by atoms with Crippen LogP contribution in [0, 0.1) is 0 Å². The zero-order chi connectivity index (χ0) is 23.2. The van der Waals surface area contributed by atoms with Crippen LogP contribution >= 0.6 is 22.7 Å². The molecule has 0 N–H and O–H groups in total. The van der Waals surface area contributed by atoms with E-state index in [1.165, 1.54) is 22.2 Å². The highest BCUT2D eigenvalue weighted by Gasteiger charge is 2.27. The van der Waals surface area contributed by atoms with Crippen LogP contribution in [0.25, 0.3) is 31.7 Å². The molecule has 6 rings (SSSR count). The van der Waals surface area contributed by atoms with Gasteiger partial charge in [0.15, 0.2) is 11.6 Å². The van der Waals surface area contributed by atoms with Crippen molar-refractivity contribution in [1.29, 1.82) is 0 Å². The molecule has 1 amide bonds. The van der Waals surface area contributed by atoms with Crippen LogP contribution in [0.5, 0.6) is 0 Å². The number of amides is 1. The highest BCUT2D eigenvalue weighted by atomic mass is 32.1. The molecule has 0 fully saturated rings. The number of benzene rings is 1. The number of carbonyl (C=O) groups is 1. The Morgan fingerprint density at radius 1 is 1.03 bits per heavy atom. The van der Waals surface area contributed by atoms with E-state index in [4.69, 9.17) is 9.97 Å². The van der Waals surface area contributed by atoms with Crippen LogP contribution in [0.3, 0.4) is 0 Å². The summed E-state index contributed by atoms with van der Waals surface area (Å²) < 4.78 is 1.40. The fraction of sp³-hybridized carbons (Fsp3) is 0.208. The lowest BCUT2D eigenvalue weighted by Crippen LogP contribution is -2.37. The first-order valence-electron chi connectivity index (χ1n) is 10.9. The number of hydrogen-bond acceptors (Lipinski definition) is 8. The molecule has 5 heterocycles. The molecule has 0 radical (unpaired) electrons. The van der Waals surface area contributed by atoms with Gasteiger partial charge in [-0.25, -0.2) is 15.0 Å². The fourth-order valence-corrected chi connectivity index (χ4v) is 5.98. The smallest absolute Gasteiger partial charge is 0.263 e. The van der Waals surface area contributed by atoms with Gasteiger partial charge in [-0.1, -0.05) is 18.2 Å². The predicted molar refractivity (Wildman–Crippen MR) is 137 cm³/mol. The standard InChI is InChI=1S/C24H20N6O2S2/c1-28-9-5-10-30(22-21(28)26-16-6-2-3-7-17(16)27-22)19(31)12-29-14-25-23-20(24(29)32)15(13-34-23)18-8-4-11-33-18/h2-4,6-8,11,13-14H,5,9-10,12H2,1H3. The Labute approximate surface area is 202 Å². The topological polar surface area (TPSA) is 84.2 Å². The Hall–Kier alpha value is -3.63. The Morgan fingerprint density at radius 3 is 2.59 bits per heavy atom. The molecule has 1 aliphatic rings. The largest absolute Gasteiger partial charge is 0.357 e. The second-order valence-corrected chi connectivity index (χ2v) is 9.97. The van der Waals surface area contributed by atoms with Crippen LogP contribution in [0.1, 0.15) is 6.42 Å². The van der Waals surface area contributed by atoms with Gasteiger partial charge in [-0.15, -0.1) is 22.7 Å². The SMILES string of the molecule is CN1CCCN(C(=O)Cn2cnc3scc(-c4cccs4)c3c2=O)c2nc3ccccc3nc21. The molecule has 0 aliphatic carbocycles. The van der Waals surface area contributed by atoms with E-state index in [-0.39, 0.29) is 18.0 Å². The second kappa shape index (κ2) is 8.30. The molecule has 0 unspecified atom stereocenters. The summed E-state index contributed by atoms with van der Waals surface area (Å²) in [6, 6.07) is 11.6. The van der Waals surface area contributed by atoms with Gasteiger partial charge in [0.25, 0.3) is 5.56 Å². The van der Waals surface area contributed by atoms with Gasteiger partial charge in [-0.2, -0.15) is 0 Å². The highest BCUT2D eigenvalue weighted by Crippen LogP contribution is 2.34. The first kappa shape index (κ1) is 20.9. The van der Waals surface area contributed by atoms with Gasteiger partial charge in [0.2, 0.25) is 5.91 Å². The van der Waals surface area contributed by atoms with Gasteiger partial charge in [0, 0.05) is 36.0 Å². The maximum Gasteiger partial charge on any atom is 0.263 e. The van der Waals surface area contributed by atoms with Crippen LogP contribution in [0.2, 0.25) is 0 Å². The number of hydrogen-bond donors (Lipinski definition) is 0. The highest BCUT2D eigenvalue weighted by molar-refractivity contribution is 7.18. The van der Waals surface area contributed by atoms with Crippen molar-refractivity contribution in [2.75, 3.05) is 29.9 Å². The molecule has 4 aromatic heterocycles. The third-order valence-electron chi connectivity index (χ3n) is 5.98. The molecule has 0 atom stereocenters. The first-order chi connectivity index (χ1) is 16.6. The van der Waals surface area contributed by atoms with E-state index < -0.39 is 0 Å². The van der Waals surface area contributed by atoms with Gasteiger partial charge in [0.05, 0.1) is 22.7 Å². The molecule has 0 spiro atoms. The first-order valence-corrected chi connectivity index (χ1v) is 12.6. The summed E-state index contributed by atoms with van der Waals surface area (Å²) >= 11 is 3.02. The third kappa shape index (κ3) is 3.46. The van der Waals surface area contributed by atoms with Crippen LogP contribution in [-0.2, 0) is 11.3 Å². The average Bonchev–Trinajstić information content (AvgIpc) is 3.50. The molecule has 0 saturated heterocycles. The quantitative estimate of drug-likeness (QED) is 0.382. The van der Waals surface area contributed by atoms with Crippen LogP contribution in [0.4, 0.5) is 11.6 Å². The molecular weight excluding hydrogens is 468 g/mol. The summed E-state index contributed by atoms with van der Waals surface area (Å²) in [7, 11) is 1.96. The van der Waals surface area contributed by atoms with E-state index in [0.29, 0.717) is 28.4 Å². The van der Waals surface area contributed by atoms with Crippen molar-refractivity contribution in [3.63, 3.8) is 0 Å². The number of thiophene rings is 2. The van der Waals surface area contributed by atoms with Crippen molar-refractivity contribution in [2.24, 2.45) is 0 Å². The third-order valence-corrected chi connectivity index (χ3v) is 7.77. The van der Waals surface area contributed by atoms with Crippen molar-refractivity contribution in [3.8, 4) is 10.4 Å². The number of rotatable bonds is 3. The maximum atomic E-state index is 13.5. The van der Waals surface area contributed by atoms with Crippen LogP contribution < -0.4 is 15.4 Å². The fourth-order valence-electron chi connectivity index (χ4n) is 4.26. The van der Waals surface area contributed by atoms with Crippen molar-refractivity contribution >= 4 is 61.5 Å². The molecule has 1 aliphatic heterocycles. The van der Waals surface area contributed by atoms with Crippen LogP contribution in [-0.4, -0.2) is 45.6 Å². The molecule has 5 aromatic rings. The zero-order valence-electron chi connectivity index (χ0n) is 18.3. The van der Waals surface area contributed by atoms with E-state index in [2.05, 4.69) is 4.98 Å². The monoisotopic (exact) mass is 488 g/mol. The number of anilines is 2. The van der Waals surface area contributed by atoms with Crippen LogP contribution in [0.15, 0.2) is 58.3 Å². The number of para-hydroxylation sites is 2. The predicted octanol–water partition coefficient (Wildman–Crippen LogP) is 4.00. The number of carbonyl (C=O) groups excluding carboxylic acids is 1. The van der Waals surface area contributed by atoms with Gasteiger partial charge in [0.1, 0.15) is 11.4 Å². The van der Waals surface area contributed by atoms with Gasteiger partial charge < -0.3 is 4.90 Å². The molecule has 8 nitrogen and oxygen atoms in total. The summed E-state index contributed by atoms with van der Waals surface area (Å²) in [4.78, 5) is 46.3. The summed E-state index contributed by atoms with van der Waals surface area (Å²) in [6.07, 6.45) is 2.24. The van der Waals surface area contributed by atoms with E-state index in [1.807, 2.05) is 59.1 Å². The lowest BCUT2D eigenvalue weighted by Gasteiger charge is -2.23. The summed E-state index contributed by atoms with van der Waals surface area (Å²) in [5.41, 5.74) is 2.17. The van der Waals surface area contributed by atoms with Gasteiger partial charge >= 0.3 is 0 Å². The Kier molecular flexibility index (Phi) is 5.11. The Morgan fingerprint density at radius 2 is 1.82 bits per heavy atom. The van der Waals surface area contributed by atoms with Crippen molar-refractivity contribution in [1.82, 2.24) is 19.5 Å². The summed E-state index contributed by atoms with van der Waals surface area (Å²) in [5, 5.41) is 4.50. The van der Waals surface area contributed by atoms with Crippen molar-refractivity contribution in [3.05, 3.63) is 63.8 Å². The maximum absolute atomic E-state index is 13.5. The summed E-state index contributed by atoms with van der Waals surface area (Å²) in [5.74, 6) is 0.987. The number of aromatic nitrogens is 4. The molecule has 0 saturated carbocycles. The molecule has 10 heteroatoms. The van der Waals surface area contributed by atoms with Crippen molar-refractivity contribution < 1.29 is 4.79 Å². The van der Waals surface area contributed by atoms with Gasteiger partial charge in [-0.05, 0) is 30.0 Å². The summed E-state index contributed by atoms with van der Waals surface area (Å²) in [6.45, 7) is 1.15. The zero-order valence-corrected chi connectivity index (χ0v) is 20.0. The van der Waals surface area contributed by atoms with E-state index in [0.717, 1.165) is 34.4 Å². The minimum atomic E-state index is -0.211. The number of nitrogens with zero attached hydrogens (tertiary/aromatic N) is 6. The molecule has 170 valence electrons. The van der Waals surface area contributed by atoms with Crippen molar-refractivity contribution in [2.45, 2.75) is 13.0 Å².